The molecule has 0 N–H and O–H groups in total. The summed E-state index contributed by atoms with van der Waals surface area (Å²) < 4.78 is 1.21. The van der Waals surface area contributed by atoms with Gasteiger partial charge in [-0.15, -0.1) is 0 Å². The fourth-order valence-corrected chi connectivity index (χ4v) is 4.94. The minimum atomic E-state index is 0.179. The first-order valence-electron chi connectivity index (χ1n) is 9.79. The van der Waals surface area contributed by atoms with Gasteiger partial charge in [0.2, 0.25) is 5.91 Å². The normalized spacial score (nSPS) is 15.7. The molecule has 0 atom stereocenters. The molecule has 1 heterocycles. The average molecular weight is 374 g/mol. The standard InChI is InChI=1S/C21H31N3OS/c1-15-13-16(2)19-18(14-15)22-21(26-19)24(12-8-11-23(3)4)20(25)17-9-6-5-7-10-17/h13-14,17H,5-12H2,1-4H3. The minimum Gasteiger partial charge on any atom is -0.309 e. The molecule has 1 fully saturated rings. The Labute approximate surface area is 161 Å². The first-order chi connectivity index (χ1) is 12.5. The van der Waals surface area contributed by atoms with E-state index in [2.05, 4.69) is 45.0 Å². The van der Waals surface area contributed by atoms with E-state index in [1.54, 1.807) is 11.3 Å². The first kappa shape index (κ1) is 19.3. The van der Waals surface area contributed by atoms with E-state index in [9.17, 15) is 4.79 Å². The van der Waals surface area contributed by atoms with E-state index >= 15 is 0 Å². The zero-order chi connectivity index (χ0) is 18.7. The van der Waals surface area contributed by atoms with Gasteiger partial charge in [0.25, 0.3) is 0 Å². The third-order valence-electron chi connectivity index (χ3n) is 5.25. The maximum atomic E-state index is 13.3. The lowest BCUT2D eigenvalue weighted by molar-refractivity contribution is -0.123. The van der Waals surface area contributed by atoms with Gasteiger partial charge in [-0.05, 0) is 70.9 Å². The van der Waals surface area contributed by atoms with Crippen molar-refractivity contribution in [1.82, 2.24) is 9.88 Å². The van der Waals surface area contributed by atoms with Crippen LogP contribution in [0.4, 0.5) is 5.13 Å². The molecule has 1 saturated carbocycles. The van der Waals surface area contributed by atoms with Crippen molar-refractivity contribution in [1.29, 1.82) is 0 Å². The topological polar surface area (TPSA) is 36.4 Å². The molecular formula is C21H31N3OS. The zero-order valence-electron chi connectivity index (χ0n) is 16.5. The second-order valence-corrected chi connectivity index (χ2v) is 8.89. The van der Waals surface area contributed by atoms with E-state index in [0.717, 1.165) is 43.0 Å². The van der Waals surface area contributed by atoms with Gasteiger partial charge in [-0.25, -0.2) is 4.98 Å². The number of benzene rings is 1. The summed E-state index contributed by atoms with van der Waals surface area (Å²) >= 11 is 1.67. The Hall–Kier alpha value is -1.46. The number of carbonyl (C=O) groups is 1. The van der Waals surface area contributed by atoms with Crippen LogP contribution in [0.2, 0.25) is 0 Å². The van der Waals surface area contributed by atoms with Crippen molar-refractivity contribution >= 4 is 32.6 Å². The lowest BCUT2D eigenvalue weighted by Crippen LogP contribution is -2.38. The Bertz CT molecular complexity index is 762. The second kappa shape index (κ2) is 8.49. The molecule has 1 aromatic carbocycles. The summed E-state index contributed by atoms with van der Waals surface area (Å²) in [5, 5.41) is 0.878. The van der Waals surface area contributed by atoms with E-state index in [4.69, 9.17) is 4.98 Å². The molecule has 1 aliphatic rings. The molecule has 4 nitrogen and oxygen atoms in total. The van der Waals surface area contributed by atoms with E-state index < -0.39 is 0 Å². The molecule has 0 radical (unpaired) electrons. The molecule has 1 aliphatic carbocycles. The van der Waals surface area contributed by atoms with E-state index in [1.807, 2.05) is 4.90 Å². The highest BCUT2D eigenvalue weighted by Gasteiger charge is 2.28. The van der Waals surface area contributed by atoms with Gasteiger partial charge in [0, 0.05) is 12.5 Å². The number of hydrogen-bond acceptors (Lipinski definition) is 4. The Morgan fingerprint density at radius 2 is 1.88 bits per heavy atom. The SMILES string of the molecule is Cc1cc(C)c2sc(N(CCCN(C)C)C(=O)C3CCCCC3)nc2c1. The van der Waals surface area contributed by atoms with Crippen LogP contribution in [0.1, 0.15) is 49.7 Å². The molecule has 0 unspecified atom stereocenters. The summed E-state index contributed by atoms with van der Waals surface area (Å²) in [5.74, 6) is 0.467. The van der Waals surface area contributed by atoms with Gasteiger partial charge in [0.1, 0.15) is 0 Å². The molecule has 1 aromatic heterocycles. The van der Waals surface area contributed by atoms with Gasteiger partial charge in [-0.1, -0.05) is 36.7 Å². The van der Waals surface area contributed by atoms with Gasteiger partial charge in [0.05, 0.1) is 10.2 Å². The monoisotopic (exact) mass is 373 g/mol. The van der Waals surface area contributed by atoms with Gasteiger partial charge >= 0.3 is 0 Å². The molecule has 2 aromatic rings. The number of hydrogen-bond donors (Lipinski definition) is 0. The van der Waals surface area contributed by atoms with Crippen molar-refractivity contribution in [3.63, 3.8) is 0 Å². The van der Waals surface area contributed by atoms with Crippen molar-refractivity contribution in [3.8, 4) is 0 Å². The third-order valence-corrected chi connectivity index (χ3v) is 6.48. The summed E-state index contributed by atoms with van der Waals surface area (Å²) in [7, 11) is 4.16. The van der Waals surface area contributed by atoms with Crippen LogP contribution in [0.3, 0.4) is 0 Å². The number of amides is 1. The molecule has 142 valence electrons. The number of anilines is 1. The molecule has 3 rings (SSSR count). The molecule has 0 bridgehead atoms. The van der Waals surface area contributed by atoms with Crippen LogP contribution in [-0.2, 0) is 4.79 Å². The summed E-state index contributed by atoms with van der Waals surface area (Å²) in [4.78, 5) is 22.3. The largest absolute Gasteiger partial charge is 0.309 e. The molecular weight excluding hydrogens is 342 g/mol. The smallest absolute Gasteiger partial charge is 0.231 e. The Morgan fingerprint density at radius 3 is 2.58 bits per heavy atom. The second-order valence-electron chi connectivity index (χ2n) is 7.91. The lowest BCUT2D eigenvalue weighted by Gasteiger charge is -2.28. The summed E-state index contributed by atoms with van der Waals surface area (Å²) in [6.07, 6.45) is 6.67. The van der Waals surface area contributed by atoms with Crippen LogP contribution < -0.4 is 4.90 Å². The van der Waals surface area contributed by atoms with Crippen LogP contribution in [0, 0.1) is 19.8 Å². The van der Waals surface area contributed by atoms with Gasteiger partial charge in [-0.2, -0.15) is 0 Å². The Balaban J connectivity index is 1.88. The van der Waals surface area contributed by atoms with Crippen molar-refractivity contribution in [3.05, 3.63) is 23.3 Å². The highest BCUT2D eigenvalue weighted by atomic mass is 32.1. The predicted molar refractivity (Wildman–Crippen MR) is 111 cm³/mol. The highest BCUT2D eigenvalue weighted by Crippen LogP contribution is 2.34. The fraction of sp³-hybridized carbons (Fsp3) is 0.619. The molecule has 5 heteroatoms. The van der Waals surface area contributed by atoms with Gasteiger partial charge < -0.3 is 4.90 Å². The number of rotatable bonds is 6. The fourth-order valence-electron chi connectivity index (χ4n) is 3.90. The summed E-state index contributed by atoms with van der Waals surface area (Å²) in [6, 6.07) is 4.33. The highest BCUT2D eigenvalue weighted by molar-refractivity contribution is 7.22. The zero-order valence-corrected chi connectivity index (χ0v) is 17.4. The van der Waals surface area contributed by atoms with Crippen LogP contribution >= 0.6 is 11.3 Å². The third kappa shape index (κ3) is 4.44. The Morgan fingerprint density at radius 1 is 1.15 bits per heavy atom. The van der Waals surface area contributed by atoms with E-state index in [-0.39, 0.29) is 11.8 Å². The predicted octanol–water partition coefficient (Wildman–Crippen LogP) is 4.78. The first-order valence-corrected chi connectivity index (χ1v) is 10.6. The van der Waals surface area contributed by atoms with Crippen molar-refractivity contribution in [2.45, 2.75) is 52.4 Å². The summed E-state index contributed by atoms with van der Waals surface area (Å²) in [5.41, 5.74) is 3.50. The maximum Gasteiger partial charge on any atom is 0.231 e. The van der Waals surface area contributed by atoms with Gasteiger partial charge in [0.15, 0.2) is 5.13 Å². The quantitative estimate of drug-likeness (QED) is 0.731. The number of aryl methyl sites for hydroxylation is 2. The maximum absolute atomic E-state index is 13.3. The number of carbonyl (C=O) groups excluding carboxylic acids is 1. The van der Waals surface area contributed by atoms with Crippen molar-refractivity contribution in [2.24, 2.45) is 5.92 Å². The van der Waals surface area contributed by atoms with Crippen LogP contribution in [0.25, 0.3) is 10.2 Å². The Kier molecular flexibility index (Phi) is 6.30. The van der Waals surface area contributed by atoms with Crippen LogP contribution in [0.15, 0.2) is 12.1 Å². The molecule has 0 spiro atoms. The lowest BCUT2D eigenvalue weighted by atomic mass is 9.88. The van der Waals surface area contributed by atoms with Gasteiger partial charge in [-0.3, -0.25) is 9.69 Å². The average Bonchev–Trinajstić information content (AvgIpc) is 3.02. The van der Waals surface area contributed by atoms with Crippen molar-refractivity contribution < 1.29 is 4.79 Å². The number of aromatic nitrogens is 1. The number of nitrogens with zero attached hydrogens (tertiary/aromatic N) is 3. The molecule has 0 aliphatic heterocycles. The summed E-state index contributed by atoms with van der Waals surface area (Å²) in [6.45, 7) is 5.98. The van der Waals surface area contributed by atoms with Crippen LogP contribution in [0.5, 0.6) is 0 Å². The van der Waals surface area contributed by atoms with Crippen molar-refractivity contribution in [2.75, 3.05) is 32.1 Å². The molecule has 1 amide bonds. The molecule has 26 heavy (non-hydrogen) atoms. The minimum absolute atomic E-state index is 0.179. The number of thiazole rings is 1. The van der Waals surface area contributed by atoms with E-state index in [0.29, 0.717) is 0 Å². The van der Waals surface area contributed by atoms with E-state index in [1.165, 1.54) is 35.1 Å². The molecule has 0 saturated heterocycles. The van der Waals surface area contributed by atoms with Crippen LogP contribution in [-0.4, -0.2) is 43.0 Å². The number of fused-ring (bicyclic) bond motifs is 1.